The van der Waals surface area contributed by atoms with E-state index in [1.807, 2.05) is 6.07 Å². The van der Waals surface area contributed by atoms with E-state index in [9.17, 15) is 0 Å². The fourth-order valence-corrected chi connectivity index (χ4v) is 3.30. The van der Waals surface area contributed by atoms with E-state index in [2.05, 4.69) is 41.4 Å². The molecule has 1 aromatic carbocycles. The molecular weight excluding hydrogens is 284 g/mol. The molecule has 0 aliphatic carbocycles. The maximum Gasteiger partial charge on any atom is 0.171 e. The molecule has 0 radical (unpaired) electrons. The molecule has 2 aliphatic rings. The van der Waals surface area contributed by atoms with Gasteiger partial charge in [-0.1, -0.05) is 30.3 Å². The maximum absolute atomic E-state index is 5.75. The van der Waals surface area contributed by atoms with E-state index >= 15 is 0 Å². The molecule has 1 aromatic rings. The van der Waals surface area contributed by atoms with Crippen molar-refractivity contribution < 1.29 is 9.47 Å². The summed E-state index contributed by atoms with van der Waals surface area (Å²) in [4.78, 5) is 2.21. The quantitative estimate of drug-likeness (QED) is 0.849. The number of nitrogens with zero attached hydrogens (tertiary/aromatic N) is 1. The summed E-state index contributed by atoms with van der Waals surface area (Å²) in [7, 11) is 0. The van der Waals surface area contributed by atoms with Gasteiger partial charge in [0.05, 0.1) is 19.3 Å². The van der Waals surface area contributed by atoms with Crippen LogP contribution in [-0.4, -0.2) is 42.1 Å². The number of benzene rings is 1. The van der Waals surface area contributed by atoms with E-state index in [0.29, 0.717) is 13.2 Å². The Hall–Kier alpha value is -1.17. The molecule has 0 aromatic heterocycles. The molecule has 2 fully saturated rings. The fraction of sp³-hybridized carbons (Fsp3) is 0.562. The van der Waals surface area contributed by atoms with Gasteiger partial charge in [-0.25, -0.2) is 0 Å². The molecule has 2 saturated heterocycles. The number of piperidine rings is 1. The van der Waals surface area contributed by atoms with Gasteiger partial charge in [0.25, 0.3) is 0 Å². The minimum absolute atomic E-state index is 0.216. The zero-order chi connectivity index (χ0) is 14.7. The van der Waals surface area contributed by atoms with Crippen LogP contribution >= 0.6 is 12.2 Å². The Morgan fingerprint density at radius 2 is 1.81 bits per heavy atom. The summed E-state index contributed by atoms with van der Waals surface area (Å²) in [5.41, 5.74) is 1.25. The lowest BCUT2D eigenvalue weighted by Crippen LogP contribution is -2.50. The van der Waals surface area contributed by atoms with Crippen molar-refractivity contribution in [3.8, 4) is 0 Å². The summed E-state index contributed by atoms with van der Waals surface area (Å²) in [6.07, 6.45) is 1.77. The Balaban J connectivity index is 1.52. The minimum atomic E-state index is -0.336. The maximum atomic E-state index is 5.75. The fourth-order valence-electron chi connectivity index (χ4n) is 2.94. The van der Waals surface area contributed by atoms with Crippen molar-refractivity contribution in [1.29, 1.82) is 0 Å². The minimum Gasteiger partial charge on any atom is -0.356 e. The summed E-state index contributed by atoms with van der Waals surface area (Å²) in [6, 6.07) is 10.6. The number of nitrogens with one attached hydrogen (secondary N) is 1. The lowest BCUT2D eigenvalue weighted by atomic mass is 10.0. The van der Waals surface area contributed by atoms with E-state index in [1.165, 1.54) is 5.56 Å². The zero-order valence-electron chi connectivity index (χ0n) is 12.4. The van der Waals surface area contributed by atoms with E-state index in [4.69, 9.17) is 21.7 Å². The molecule has 2 aliphatic heterocycles. The molecule has 5 heteroatoms. The van der Waals surface area contributed by atoms with Crippen molar-refractivity contribution in [3.63, 3.8) is 0 Å². The SMILES string of the molecule is CC(NC(=S)N1CCC2(CC1)OCCO2)c1ccccc1. The van der Waals surface area contributed by atoms with Gasteiger partial charge in [0.2, 0.25) is 0 Å². The normalized spacial score (nSPS) is 22.2. The third-order valence-corrected chi connectivity index (χ3v) is 4.64. The first-order valence-electron chi connectivity index (χ1n) is 7.57. The Morgan fingerprint density at radius 1 is 1.19 bits per heavy atom. The molecule has 1 N–H and O–H groups in total. The first kappa shape index (κ1) is 14.8. The van der Waals surface area contributed by atoms with Crippen LogP contribution in [0.4, 0.5) is 0 Å². The van der Waals surface area contributed by atoms with Crippen LogP contribution in [0.15, 0.2) is 30.3 Å². The molecule has 1 spiro atoms. The summed E-state index contributed by atoms with van der Waals surface area (Å²) in [6.45, 7) is 5.33. The molecular formula is C16H22N2O2S. The number of thiocarbonyl (C=S) groups is 1. The van der Waals surface area contributed by atoms with Crippen LogP contribution < -0.4 is 5.32 Å². The van der Waals surface area contributed by atoms with Gasteiger partial charge in [-0.2, -0.15) is 0 Å². The van der Waals surface area contributed by atoms with Gasteiger partial charge < -0.3 is 19.7 Å². The number of likely N-dealkylation sites (tertiary alicyclic amines) is 1. The van der Waals surface area contributed by atoms with Gasteiger partial charge in [-0.05, 0) is 24.7 Å². The molecule has 0 bridgehead atoms. The standard InChI is InChI=1S/C16H22N2O2S/c1-13(14-5-3-2-4-6-14)17-15(21)18-9-7-16(8-10-18)19-11-12-20-16/h2-6,13H,7-12H2,1H3,(H,17,21). The molecule has 2 heterocycles. The summed E-state index contributed by atoms with van der Waals surface area (Å²) in [5, 5.41) is 4.24. The lowest BCUT2D eigenvalue weighted by molar-refractivity contribution is -0.180. The highest BCUT2D eigenvalue weighted by atomic mass is 32.1. The molecule has 21 heavy (non-hydrogen) atoms. The highest BCUT2D eigenvalue weighted by molar-refractivity contribution is 7.80. The Bertz CT molecular complexity index is 478. The highest BCUT2D eigenvalue weighted by Gasteiger charge is 2.40. The van der Waals surface area contributed by atoms with Gasteiger partial charge in [-0.15, -0.1) is 0 Å². The first-order chi connectivity index (χ1) is 10.2. The van der Waals surface area contributed by atoms with E-state index < -0.39 is 0 Å². The van der Waals surface area contributed by atoms with E-state index in [0.717, 1.165) is 31.0 Å². The predicted molar refractivity (Wildman–Crippen MR) is 86.0 cm³/mol. The van der Waals surface area contributed by atoms with Crippen molar-refractivity contribution in [1.82, 2.24) is 10.2 Å². The number of rotatable bonds is 2. The molecule has 114 valence electrons. The largest absolute Gasteiger partial charge is 0.356 e. The summed E-state index contributed by atoms with van der Waals surface area (Å²) < 4.78 is 11.5. The van der Waals surface area contributed by atoms with E-state index in [1.54, 1.807) is 0 Å². The van der Waals surface area contributed by atoms with Crippen LogP contribution in [0, 0.1) is 0 Å². The molecule has 0 saturated carbocycles. The first-order valence-corrected chi connectivity index (χ1v) is 7.98. The molecule has 3 rings (SSSR count). The van der Waals surface area contributed by atoms with Gasteiger partial charge in [0.15, 0.2) is 10.9 Å². The van der Waals surface area contributed by atoms with Crippen molar-refractivity contribution in [2.24, 2.45) is 0 Å². The van der Waals surface area contributed by atoms with Crippen molar-refractivity contribution in [2.45, 2.75) is 31.6 Å². The van der Waals surface area contributed by atoms with Gasteiger partial charge in [0.1, 0.15) is 0 Å². The average molecular weight is 306 g/mol. The van der Waals surface area contributed by atoms with Crippen LogP contribution in [0.25, 0.3) is 0 Å². The highest BCUT2D eigenvalue weighted by Crippen LogP contribution is 2.31. The van der Waals surface area contributed by atoms with Crippen LogP contribution in [0.2, 0.25) is 0 Å². The Labute approximate surface area is 131 Å². The smallest absolute Gasteiger partial charge is 0.171 e. The molecule has 0 amide bonds. The number of hydrogen-bond donors (Lipinski definition) is 1. The second kappa shape index (κ2) is 6.30. The molecule has 1 unspecified atom stereocenters. The van der Waals surface area contributed by atoms with Crippen LogP contribution in [0.5, 0.6) is 0 Å². The van der Waals surface area contributed by atoms with Crippen LogP contribution in [-0.2, 0) is 9.47 Å². The number of ether oxygens (including phenoxy) is 2. The van der Waals surface area contributed by atoms with Crippen LogP contribution in [0.3, 0.4) is 0 Å². The summed E-state index contributed by atoms with van der Waals surface area (Å²) in [5.74, 6) is -0.336. The van der Waals surface area contributed by atoms with E-state index in [-0.39, 0.29) is 11.8 Å². The van der Waals surface area contributed by atoms with Gasteiger partial charge in [0, 0.05) is 25.9 Å². The Kier molecular flexibility index (Phi) is 4.42. The monoisotopic (exact) mass is 306 g/mol. The number of hydrogen-bond acceptors (Lipinski definition) is 3. The van der Waals surface area contributed by atoms with Gasteiger partial charge in [-0.3, -0.25) is 0 Å². The van der Waals surface area contributed by atoms with Gasteiger partial charge >= 0.3 is 0 Å². The molecule has 1 atom stereocenters. The topological polar surface area (TPSA) is 33.7 Å². The Morgan fingerprint density at radius 3 is 2.43 bits per heavy atom. The zero-order valence-corrected chi connectivity index (χ0v) is 13.2. The van der Waals surface area contributed by atoms with Crippen LogP contribution in [0.1, 0.15) is 31.4 Å². The predicted octanol–water partition coefficient (Wildman–Crippen LogP) is 2.46. The second-order valence-electron chi connectivity index (χ2n) is 5.68. The summed E-state index contributed by atoms with van der Waals surface area (Å²) >= 11 is 5.55. The third-order valence-electron chi connectivity index (χ3n) is 4.27. The third kappa shape index (κ3) is 3.36. The lowest BCUT2D eigenvalue weighted by Gasteiger charge is -2.39. The average Bonchev–Trinajstić information content (AvgIpc) is 2.97. The molecule has 4 nitrogen and oxygen atoms in total. The van der Waals surface area contributed by atoms with Crippen molar-refractivity contribution >= 4 is 17.3 Å². The van der Waals surface area contributed by atoms with Crippen molar-refractivity contribution in [3.05, 3.63) is 35.9 Å². The second-order valence-corrected chi connectivity index (χ2v) is 6.06. The van der Waals surface area contributed by atoms with Crippen molar-refractivity contribution in [2.75, 3.05) is 26.3 Å².